The van der Waals surface area contributed by atoms with Gasteiger partial charge in [-0.1, -0.05) is 160 Å². The molecule has 58 heavy (non-hydrogen) atoms. The quantitative estimate of drug-likeness (QED) is 0.0262. The fourth-order valence-corrected chi connectivity index (χ4v) is 6.46. The molecule has 0 rings (SSSR count). The molecule has 0 aromatic heterocycles. The molecule has 0 bridgehead atoms. The number of esters is 3. The lowest BCUT2D eigenvalue weighted by Crippen LogP contribution is -2.31. The van der Waals surface area contributed by atoms with Gasteiger partial charge in [-0.2, -0.15) is 0 Å². The Morgan fingerprint density at radius 2 is 0.810 bits per heavy atom. The molecule has 0 N–H and O–H groups in total. The molecule has 0 fully saturated rings. The molecule has 0 aromatic rings. The van der Waals surface area contributed by atoms with E-state index in [1.165, 1.54) is 51.4 Å². The summed E-state index contributed by atoms with van der Waals surface area (Å²) in [5, 5.41) is 0. The third-order valence-electron chi connectivity index (χ3n) is 10.2. The Morgan fingerprint density at radius 1 is 0.414 bits per heavy atom. The number of allylic oxidation sites excluding steroid dienone is 8. The second-order valence-corrected chi connectivity index (χ2v) is 16.5. The number of ether oxygens (including phenoxy) is 3. The van der Waals surface area contributed by atoms with Gasteiger partial charge in [-0.25, -0.2) is 0 Å². The zero-order chi connectivity index (χ0) is 42.6. The summed E-state index contributed by atoms with van der Waals surface area (Å²) in [6, 6.07) is 0. The summed E-state index contributed by atoms with van der Waals surface area (Å²) >= 11 is 0. The lowest BCUT2D eigenvalue weighted by molar-refractivity contribution is -0.167. The minimum absolute atomic E-state index is 0.0405. The minimum atomic E-state index is -0.902. The summed E-state index contributed by atoms with van der Waals surface area (Å²) in [6.07, 6.45) is 46.7. The number of carbonyl (C=O) groups is 4. The van der Waals surface area contributed by atoms with Crippen LogP contribution in [0.5, 0.6) is 0 Å². The lowest BCUT2D eigenvalue weighted by Gasteiger charge is -2.18. The minimum Gasteiger partial charge on any atom is -0.462 e. The average Bonchev–Trinajstić information content (AvgIpc) is 3.20. The van der Waals surface area contributed by atoms with E-state index in [1.54, 1.807) is 0 Å². The number of ketones is 1. The molecule has 0 aliphatic heterocycles. The maximum absolute atomic E-state index is 12.7. The van der Waals surface area contributed by atoms with Gasteiger partial charge in [0.2, 0.25) is 0 Å². The predicted molar refractivity (Wildman–Crippen MR) is 243 cm³/mol. The molecule has 0 unspecified atom stereocenters. The van der Waals surface area contributed by atoms with Crippen molar-refractivity contribution in [3.8, 4) is 0 Å². The van der Waals surface area contributed by atoms with E-state index in [2.05, 4.69) is 76.3 Å². The van der Waals surface area contributed by atoms with Gasteiger partial charge < -0.3 is 14.2 Å². The zero-order valence-electron chi connectivity index (χ0n) is 38.0. The Bertz CT molecular complexity index is 1040. The van der Waals surface area contributed by atoms with Crippen LogP contribution >= 0.6 is 0 Å². The summed E-state index contributed by atoms with van der Waals surface area (Å²) in [4.78, 5) is 50.1. The third kappa shape index (κ3) is 42.6. The van der Waals surface area contributed by atoms with Crippen LogP contribution in [0, 0.1) is 5.92 Å². The first-order valence-electron chi connectivity index (χ1n) is 23.9. The van der Waals surface area contributed by atoms with E-state index >= 15 is 0 Å². The summed E-state index contributed by atoms with van der Waals surface area (Å²) < 4.78 is 16.5. The molecular formula is C51H88O7. The molecule has 0 amide bonds. The summed E-state index contributed by atoms with van der Waals surface area (Å²) in [5.74, 6) is -0.544. The van der Waals surface area contributed by atoms with E-state index in [4.69, 9.17) is 14.2 Å². The Morgan fingerprint density at radius 3 is 1.26 bits per heavy atom. The van der Waals surface area contributed by atoms with Gasteiger partial charge in [0.25, 0.3) is 0 Å². The van der Waals surface area contributed by atoms with Crippen LogP contribution in [0.25, 0.3) is 0 Å². The van der Waals surface area contributed by atoms with E-state index in [0.29, 0.717) is 25.2 Å². The third-order valence-corrected chi connectivity index (χ3v) is 10.2. The van der Waals surface area contributed by atoms with Crippen molar-refractivity contribution in [3.63, 3.8) is 0 Å². The van der Waals surface area contributed by atoms with Crippen LogP contribution in [0.4, 0.5) is 0 Å². The number of rotatable bonds is 42. The van der Waals surface area contributed by atoms with Crippen LogP contribution in [-0.4, -0.2) is 43.0 Å². The average molecular weight is 813 g/mol. The maximum Gasteiger partial charge on any atom is 0.306 e. The highest BCUT2D eigenvalue weighted by Crippen LogP contribution is 2.13. The molecule has 0 spiro atoms. The molecular weight excluding hydrogens is 725 g/mol. The van der Waals surface area contributed by atoms with Crippen LogP contribution in [0.2, 0.25) is 0 Å². The Balaban J connectivity index is 4.47. The normalized spacial score (nSPS) is 12.0. The van der Waals surface area contributed by atoms with Crippen LogP contribution in [0.3, 0.4) is 0 Å². The van der Waals surface area contributed by atoms with Crippen molar-refractivity contribution in [2.75, 3.05) is 13.2 Å². The van der Waals surface area contributed by atoms with Crippen molar-refractivity contribution >= 4 is 23.7 Å². The van der Waals surface area contributed by atoms with Gasteiger partial charge in [-0.3, -0.25) is 19.2 Å². The van der Waals surface area contributed by atoms with E-state index in [-0.39, 0.29) is 43.8 Å². The first-order chi connectivity index (χ1) is 28.3. The number of Topliss-reactive ketones (excluding diaryl/α,β-unsaturated/α-hetero) is 1. The van der Waals surface area contributed by atoms with Gasteiger partial charge in [0, 0.05) is 25.7 Å². The second-order valence-electron chi connectivity index (χ2n) is 16.5. The molecule has 0 aliphatic carbocycles. The predicted octanol–water partition coefficient (Wildman–Crippen LogP) is 14.6. The van der Waals surface area contributed by atoms with E-state index in [9.17, 15) is 19.2 Å². The van der Waals surface area contributed by atoms with E-state index in [0.717, 1.165) is 116 Å². The van der Waals surface area contributed by atoms with Crippen LogP contribution in [0.1, 0.15) is 227 Å². The molecule has 7 heteroatoms. The Hall–Kier alpha value is -2.96. The van der Waals surface area contributed by atoms with Crippen molar-refractivity contribution in [2.24, 2.45) is 5.92 Å². The molecule has 0 saturated carbocycles. The van der Waals surface area contributed by atoms with Gasteiger partial charge >= 0.3 is 17.9 Å². The fourth-order valence-electron chi connectivity index (χ4n) is 6.46. The Labute approximate surface area is 356 Å². The first-order valence-corrected chi connectivity index (χ1v) is 23.9. The van der Waals surface area contributed by atoms with E-state index in [1.807, 2.05) is 0 Å². The highest BCUT2D eigenvalue weighted by molar-refractivity contribution is 5.83. The summed E-state index contributed by atoms with van der Waals surface area (Å²) in [5.41, 5.74) is 0. The molecule has 0 atom stereocenters. The van der Waals surface area contributed by atoms with Crippen molar-refractivity contribution in [3.05, 3.63) is 48.6 Å². The molecule has 7 nitrogen and oxygen atoms in total. The Kier molecular flexibility index (Phi) is 41.4. The van der Waals surface area contributed by atoms with E-state index < -0.39 is 12.1 Å². The number of hydrogen-bond acceptors (Lipinski definition) is 7. The first kappa shape index (κ1) is 55.0. The summed E-state index contributed by atoms with van der Waals surface area (Å²) in [6.45, 7) is 8.50. The van der Waals surface area contributed by atoms with Crippen molar-refractivity contribution < 1.29 is 33.4 Å². The topological polar surface area (TPSA) is 96.0 Å². The lowest BCUT2D eigenvalue weighted by atomic mass is 10.0. The van der Waals surface area contributed by atoms with Crippen molar-refractivity contribution in [2.45, 2.75) is 233 Å². The largest absolute Gasteiger partial charge is 0.462 e. The van der Waals surface area contributed by atoms with Crippen molar-refractivity contribution in [1.82, 2.24) is 0 Å². The molecule has 334 valence electrons. The van der Waals surface area contributed by atoms with Gasteiger partial charge in [-0.05, 0) is 89.4 Å². The van der Waals surface area contributed by atoms with Crippen molar-refractivity contribution in [1.29, 1.82) is 0 Å². The van der Waals surface area contributed by atoms with Crippen LogP contribution < -0.4 is 0 Å². The standard InChI is InChI=1S/C51H88O7/c1-5-7-9-11-13-15-17-19-21-23-25-27-29-31-36-40-49(53)56-44-48(58-51(55)43-42-47(52)39-35-33-34-38-46(3)4)45-57-50(54)41-37-32-30-28-26-24-22-20-18-16-14-12-10-8-6-2/h13-16,19-22,46,48H,5-12,17-18,23-45H2,1-4H3/b15-13-,16-14-,21-19-,22-20-. The maximum atomic E-state index is 12.7. The smallest absolute Gasteiger partial charge is 0.306 e. The number of hydrogen-bond donors (Lipinski definition) is 0. The second kappa shape index (κ2) is 43.6. The summed E-state index contributed by atoms with van der Waals surface area (Å²) in [7, 11) is 0. The molecule has 0 aliphatic rings. The molecule has 0 heterocycles. The van der Waals surface area contributed by atoms with Gasteiger partial charge in [0.05, 0.1) is 6.42 Å². The van der Waals surface area contributed by atoms with Crippen LogP contribution in [0.15, 0.2) is 48.6 Å². The van der Waals surface area contributed by atoms with Gasteiger partial charge in [-0.15, -0.1) is 0 Å². The highest BCUT2D eigenvalue weighted by Gasteiger charge is 2.20. The monoisotopic (exact) mass is 813 g/mol. The van der Waals surface area contributed by atoms with Gasteiger partial charge in [0.1, 0.15) is 19.0 Å². The number of unbranched alkanes of at least 4 members (excludes halogenated alkanes) is 18. The zero-order valence-corrected chi connectivity index (χ0v) is 38.0. The SMILES string of the molecule is CCCCC/C=C\C/C=C\CCCCCCCC(=O)OCC(COC(=O)CCCCCCC/C=C\C/C=C\CCCCC)OC(=O)CCC(=O)CCCCCC(C)C. The molecule has 0 saturated heterocycles. The number of carbonyl (C=O) groups excluding carboxylic acids is 4. The van der Waals surface area contributed by atoms with Crippen LogP contribution in [-0.2, 0) is 33.4 Å². The molecule has 0 radical (unpaired) electrons. The highest BCUT2D eigenvalue weighted by atomic mass is 16.6. The molecule has 0 aromatic carbocycles. The fraction of sp³-hybridized carbons (Fsp3) is 0.765. The van der Waals surface area contributed by atoms with Gasteiger partial charge in [0.15, 0.2) is 6.10 Å².